The van der Waals surface area contributed by atoms with Crippen molar-refractivity contribution in [2.75, 3.05) is 10.5 Å². The van der Waals surface area contributed by atoms with Crippen molar-refractivity contribution < 1.29 is 13.5 Å². The van der Waals surface area contributed by atoms with Crippen molar-refractivity contribution in [3.05, 3.63) is 59.1 Å². The van der Waals surface area contributed by atoms with Crippen LogP contribution in [0.15, 0.2) is 48.5 Å². The molecule has 6 heteroatoms. The zero-order valence-corrected chi connectivity index (χ0v) is 13.0. The molecule has 0 saturated heterocycles. The zero-order chi connectivity index (χ0) is 15.5. The van der Waals surface area contributed by atoms with Crippen molar-refractivity contribution in [1.29, 1.82) is 0 Å². The molecule has 0 aliphatic rings. The lowest BCUT2D eigenvalue weighted by molar-refractivity contribution is 0.478. The molecule has 0 bridgehead atoms. The van der Waals surface area contributed by atoms with Gasteiger partial charge in [-0.2, -0.15) is 0 Å². The lowest BCUT2D eigenvalue weighted by Crippen LogP contribution is -2.20. The Kier molecular flexibility index (Phi) is 4.75. The van der Waals surface area contributed by atoms with Crippen molar-refractivity contribution in [3.8, 4) is 5.75 Å². The summed E-state index contributed by atoms with van der Waals surface area (Å²) in [7, 11) is -3.59. The van der Waals surface area contributed by atoms with Crippen LogP contribution in [-0.4, -0.2) is 19.3 Å². The monoisotopic (exact) mass is 325 g/mol. The van der Waals surface area contributed by atoms with Crippen LogP contribution in [0.4, 0.5) is 5.69 Å². The molecular weight excluding hydrogens is 310 g/mol. The number of sulfonamides is 1. The standard InChI is InChI=1S/C15H16ClNO3S/c1-11(12-6-3-2-4-7-12)10-21(19,20)17-14-9-5-8-13(16)15(14)18/h2-9,11,17-18H,10H2,1H3. The third-order valence-electron chi connectivity index (χ3n) is 3.09. The van der Waals surface area contributed by atoms with Crippen molar-refractivity contribution in [1.82, 2.24) is 0 Å². The average Bonchev–Trinajstić information content (AvgIpc) is 2.44. The van der Waals surface area contributed by atoms with E-state index in [4.69, 9.17) is 11.6 Å². The highest BCUT2D eigenvalue weighted by Crippen LogP contribution is 2.32. The Hall–Kier alpha value is -1.72. The van der Waals surface area contributed by atoms with Crippen LogP contribution >= 0.6 is 11.6 Å². The molecule has 0 saturated carbocycles. The van der Waals surface area contributed by atoms with E-state index in [2.05, 4.69) is 4.72 Å². The second-order valence-corrected chi connectivity index (χ2v) is 7.01. The number of hydrogen-bond donors (Lipinski definition) is 2. The lowest BCUT2D eigenvalue weighted by Gasteiger charge is -2.14. The lowest BCUT2D eigenvalue weighted by atomic mass is 10.0. The van der Waals surface area contributed by atoms with Gasteiger partial charge in [0.15, 0.2) is 5.75 Å². The topological polar surface area (TPSA) is 66.4 Å². The first-order valence-corrected chi connectivity index (χ1v) is 8.45. The van der Waals surface area contributed by atoms with Crippen LogP contribution in [0.25, 0.3) is 0 Å². The van der Waals surface area contributed by atoms with Crippen molar-refractivity contribution in [2.45, 2.75) is 12.8 Å². The maximum Gasteiger partial charge on any atom is 0.233 e. The molecule has 21 heavy (non-hydrogen) atoms. The molecule has 1 atom stereocenters. The number of phenols is 1. The molecule has 0 fully saturated rings. The number of anilines is 1. The summed E-state index contributed by atoms with van der Waals surface area (Å²) in [5.41, 5.74) is 1.03. The second-order valence-electron chi connectivity index (χ2n) is 4.83. The molecule has 1 unspecified atom stereocenters. The van der Waals surface area contributed by atoms with E-state index < -0.39 is 10.0 Å². The normalized spacial score (nSPS) is 12.9. The van der Waals surface area contributed by atoms with E-state index in [1.807, 2.05) is 37.3 Å². The molecule has 0 aromatic heterocycles. The summed E-state index contributed by atoms with van der Waals surface area (Å²) in [5, 5.41) is 9.86. The molecule has 0 spiro atoms. The van der Waals surface area contributed by atoms with Crippen LogP contribution in [-0.2, 0) is 10.0 Å². The van der Waals surface area contributed by atoms with Gasteiger partial charge in [-0.15, -0.1) is 0 Å². The minimum absolute atomic E-state index is 0.0804. The molecule has 0 heterocycles. The summed E-state index contributed by atoms with van der Waals surface area (Å²) < 4.78 is 26.7. The van der Waals surface area contributed by atoms with Gasteiger partial charge in [0, 0.05) is 0 Å². The van der Waals surface area contributed by atoms with E-state index in [0.29, 0.717) is 0 Å². The summed E-state index contributed by atoms with van der Waals surface area (Å²) >= 11 is 5.76. The first-order valence-electron chi connectivity index (χ1n) is 6.42. The van der Waals surface area contributed by atoms with Gasteiger partial charge in [-0.1, -0.05) is 54.9 Å². The fraction of sp³-hybridized carbons (Fsp3) is 0.200. The Balaban J connectivity index is 2.14. The van der Waals surface area contributed by atoms with Crippen LogP contribution < -0.4 is 4.72 Å². The molecule has 2 aromatic rings. The number of phenolic OH excluding ortho intramolecular Hbond substituents is 1. The van der Waals surface area contributed by atoms with Crippen LogP contribution in [0.2, 0.25) is 5.02 Å². The smallest absolute Gasteiger partial charge is 0.233 e. The SMILES string of the molecule is CC(CS(=O)(=O)Nc1cccc(Cl)c1O)c1ccccc1. The fourth-order valence-corrected chi connectivity index (χ4v) is 3.62. The Morgan fingerprint density at radius 1 is 1.14 bits per heavy atom. The highest BCUT2D eigenvalue weighted by Gasteiger charge is 2.19. The van der Waals surface area contributed by atoms with E-state index in [1.165, 1.54) is 12.1 Å². The van der Waals surface area contributed by atoms with Crippen LogP contribution in [0.5, 0.6) is 5.75 Å². The highest BCUT2D eigenvalue weighted by atomic mass is 35.5. The van der Waals surface area contributed by atoms with E-state index in [0.717, 1.165) is 5.56 Å². The molecule has 0 aliphatic heterocycles. The summed E-state index contributed by atoms with van der Waals surface area (Å²) in [6, 6.07) is 13.9. The largest absolute Gasteiger partial charge is 0.504 e. The van der Waals surface area contributed by atoms with Crippen molar-refractivity contribution in [2.24, 2.45) is 0 Å². The predicted molar refractivity (Wildman–Crippen MR) is 85.4 cm³/mol. The van der Waals surface area contributed by atoms with Gasteiger partial charge in [-0.25, -0.2) is 8.42 Å². The first kappa shape index (κ1) is 15.7. The molecule has 2 rings (SSSR count). The number of halogens is 1. The van der Waals surface area contributed by atoms with Gasteiger partial charge in [0.1, 0.15) is 0 Å². The van der Waals surface area contributed by atoms with E-state index in [9.17, 15) is 13.5 Å². The molecule has 0 amide bonds. The Labute approximate surface area is 129 Å². The Bertz CT molecular complexity index is 717. The number of aromatic hydroxyl groups is 1. The second kappa shape index (κ2) is 6.37. The van der Waals surface area contributed by atoms with Crippen LogP contribution in [0.3, 0.4) is 0 Å². The molecule has 2 N–H and O–H groups in total. The van der Waals surface area contributed by atoms with Gasteiger partial charge in [0.05, 0.1) is 16.5 Å². The molecular formula is C15H16ClNO3S. The van der Waals surface area contributed by atoms with Gasteiger partial charge < -0.3 is 5.11 Å². The van der Waals surface area contributed by atoms with Crippen molar-refractivity contribution >= 4 is 27.3 Å². The first-order chi connectivity index (χ1) is 9.89. The van der Waals surface area contributed by atoms with E-state index >= 15 is 0 Å². The van der Waals surface area contributed by atoms with Crippen LogP contribution in [0, 0.1) is 0 Å². The number of rotatable bonds is 5. The van der Waals surface area contributed by atoms with Gasteiger partial charge >= 0.3 is 0 Å². The summed E-state index contributed by atoms with van der Waals surface area (Å²) in [5.74, 6) is -0.511. The molecule has 0 aliphatic carbocycles. The summed E-state index contributed by atoms with van der Waals surface area (Å²) in [6.45, 7) is 1.84. The highest BCUT2D eigenvalue weighted by molar-refractivity contribution is 7.92. The Morgan fingerprint density at radius 3 is 2.48 bits per heavy atom. The summed E-state index contributed by atoms with van der Waals surface area (Å²) in [6.07, 6.45) is 0. The number of nitrogens with one attached hydrogen (secondary N) is 1. The van der Waals surface area contributed by atoms with E-state index in [-0.39, 0.29) is 28.1 Å². The van der Waals surface area contributed by atoms with E-state index in [1.54, 1.807) is 6.07 Å². The van der Waals surface area contributed by atoms with Gasteiger partial charge in [0.2, 0.25) is 10.0 Å². The maximum absolute atomic E-state index is 12.2. The molecule has 2 aromatic carbocycles. The minimum Gasteiger partial charge on any atom is -0.504 e. The summed E-state index contributed by atoms with van der Waals surface area (Å²) in [4.78, 5) is 0. The zero-order valence-electron chi connectivity index (χ0n) is 11.5. The third-order valence-corrected chi connectivity index (χ3v) is 4.87. The van der Waals surface area contributed by atoms with Gasteiger partial charge in [-0.3, -0.25) is 4.72 Å². The number of para-hydroxylation sites is 1. The minimum atomic E-state index is -3.59. The molecule has 0 radical (unpaired) electrons. The molecule has 112 valence electrons. The van der Waals surface area contributed by atoms with Crippen molar-refractivity contribution in [3.63, 3.8) is 0 Å². The third kappa shape index (κ3) is 4.12. The Morgan fingerprint density at radius 2 is 1.81 bits per heavy atom. The quantitative estimate of drug-likeness (QED) is 0.825. The maximum atomic E-state index is 12.2. The van der Waals surface area contributed by atoms with Crippen LogP contribution in [0.1, 0.15) is 18.4 Å². The van der Waals surface area contributed by atoms with Gasteiger partial charge in [0.25, 0.3) is 0 Å². The average molecular weight is 326 g/mol. The number of benzene rings is 2. The van der Waals surface area contributed by atoms with Gasteiger partial charge in [-0.05, 0) is 23.6 Å². The fourth-order valence-electron chi connectivity index (χ4n) is 2.01. The number of hydrogen-bond acceptors (Lipinski definition) is 3. The predicted octanol–water partition coefficient (Wildman–Crippen LogP) is 3.59. The molecule has 4 nitrogen and oxygen atoms in total.